The number of methoxy groups -OCH3 is 1. The van der Waals surface area contributed by atoms with Crippen molar-refractivity contribution in [3.63, 3.8) is 0 Å². The summed E-state index contributed by atoms with van der Waals surface area (Å²) >= 11 is 0. The normalized spacial score (nSPS) is 10.3. The molecule has 20 heavy (non-hydrogen) atoms. The molecule has 2 rings (SSSR count). The zero-order chi connectivity index (χ0) is 14.5. The minimum absolute atomic E-state index is 0.131. The fourth-order valence-electron chi connectivity index (χ4n) is 1.88. The fourth-order valence-corrected chi connectivity index (χ4v) is 1.88. The summed E-state index contributed by atoms with van der Waals surface area (Å²) in [5.74, 6) is -0.567. The Hall–Kier alpha value is -2.23. The number of carbonyl (C=O) groups excluding carboxylic acids is 1. The number of halogens is 1. The maximum atomic E-state index is 13.6. The number of carbonyl (C=O) groups is 1. The Labute approximate surface area is 117 Å². The molecule has 0 spiro atoms. The Bertz CT molecular complexity index is 608. The van der Waals surface area contributed by atoms with E-state index in [4.69, 9.17) is 4.74 Å². The van der Waals surface area contributed by atoms with E-state index >= 15 is 0 Å². The maximum absolute atomic E-state index is 13.6. The molecule has 0 radical (unpaired) electrons. The summed E-state index contributed by atoms with van der Waals surface area (Å²) < 4.78 is 18.4. The molecule has 0 saturated heterocycles. The Kier molecular flexibility index (Phi) is 4.45. The summed E-state index contributed by atoms with van der Waals surface area (Å²) in [5.41, 5.74) is 2.13. The van der Waals surface area contributed by atoms with E-state index in [1.165, 1.54) is 19.2 Å². The molecule has 0 aliphatic carbocycles. The molecule has 0 saturated carbocycles. The molecule has 0 aliphatic rings. The highest BCUT2D eigenvalue weighted by atomic mass is 19.1. The molecule has 0 bridgehead atoms. The van der Waals surface area contributed by atoms with E-state index in [1.54, 1.807) is 12.3 Å². The first-order valence-electron chi connectivity index (χ1n) is 6.44. The topological polar surface area (TPSA) is 39.2 Å². The molecule has 4 heteroatoms. The molecule has 1 heterocycles. The van der Waals surface area contributed by atoms with Crippen molar-refractivity contribution in [3.05, 3.63) is 59.2 Å². The standard InChI is InChI=1S/C16H16FNO2/c1-3-11-4-6-13(18-10-11)9-15(19)12-5-7-16(20-2)14(17)8-12/h4-8,10H,3,9H2,1-2H3. The predicted octanol–water partition coefficient (Wildman–Crippen LogP) is 3.22. The summed E-state index contributed by atoms with van der Waals surface area (Å²) in [4.78, 5) is 16.3. The summed E-state index contributed by atoms with van der Waals surface area (Å²) in [6.07, 6.45) is 2.83. The van der Waals surface area contributed by atoms with Crippen molar-refractivity contribution in [2.24, 2.45) is 0 Å². The predicted molar refractivity (Wildman–Crippen MR) is 74.6 cm³/mol. The number of hydrogen-bond acceptors (Lipinski definition) is 3. The number of aromatic nitrogens is 1. The average molecular weight is 273 g/mol. The van der Waals surface area contributed by atoms with E-state index < -0.39 is 5.82 Å². The van der Waals surface area contributed by atoms with Crippen LogP contribution in [0.1, 0.15) is 28.5 Å². The molecule has 0 fully saturated rings. The van der Waals surface area contributed by atoms with E-state index in [2.05, 4.69) is 4.98 Å². The maximum Gasteiger partial charge on any atom is 0.168 e. The van der Waals surface area contributed by atoms with Crippen LogP contribution >= 0.6 is 0 Å². The molecule has 0 aliphatic heterocycles. The largest absolute Gasteiger partial charge is 0.494 e. The van der Waals surface area contributed by atoms with Crippen molar-refractivity contribution in [2.45, 2.75) is 19.8 Å². The average Bonchev–Trinajstić information content (AvgIpc) is 2.48. The van der Waals surface area contributed by atoms with Gasteiger partial charge in [0.2, 0.25) is 0 Å². The van der Waals surface area contributed by atoms with Crippen LogP contribution in [0.15, 0.2) is 36.5 Å². The molecule has 1 aromatic heterocycles. The van der Waals surface area contributed by atoms with Gasteiger partial charge in [-0.25, -0.2) is 4.39 Å². The monoisotopic (exact) mass is 273 g/mol. The highest BCUT2D eigenvalue weighted by molar-refractivity contribution is 5.97. The van der Waals surface area contributed by atoms with Crippen LogP contribution in [0.2, 0.25) is 0 Å². The molecule has 1 aromatic carbocycles. The Morgan fingerprint density at radius 3 is 2.65 bits per heavy atom. The Morgan fingerprint density at radius 1 is 1.30 bits per heavy atom. The van der Waals surface area contributed by atoms with Gasteiger partial charge in [-0.15, -0.1) is 0 Å². The molecule has 3 nitrogen and oxygen atoms in total. The lowest BCUT2D eigenvalue weighted by molar-refractivity contribution is 0.0991. The van der Waals surface area contributed by atoms with Gasteiger partial charge in [0.05, 0.1) is 13.5 Å². The fraction of sp³-hybridized carbons (Fsp3) is 0.250. The van der Waals surface area contributed by atoms with Gasteiger partial charge in [-0.2, -0.15) is 0 Å². The van der Waals surface area contributed by atoms with Crippen molar-refractivity contribution in [3.8, 4) is 5.75 Å². The van der Waals surface area contributed by atoms with Gasteiger partial charge in [0.25, 0.3) is 0 Å². The quantitative estimate of drug-likeness (QED) is 0.785. The third kappa shape index (κ3) is 3.20. The van der Waals surface area contributed by atoms with E-state index in [0.29, 0.717) is 11.3 Å². The number of nitrogens with zero attached hydrogens (tertiary/aromatic N) is 1. The SMILES string of the molecule is CCc1ccc(CC(=O)c2ccc(OC)c(F)c2)nc1. The lowest BCUT2D eigenvalue weighted by atomic mass is 10.1. The number of Topliss-reactive ketones (excluding diaryl/α,β-unsaturated/α-hetero) is 1. The number of benzene rings is 1. The first-order valence-corrected chi connectivity index (χ1v) is 6.44. The minimum atomic E-state index is -0.535. The van der Waals surface area contributed by atoms with Crippen LogP contribution < -0.4 is 4.74 Å². The Morgan fingerprint density at radius 2 is 2.10 bits per heavy atom. The van der Waals surface area contributed by atoms with Crippen LogP contribution in [-0.2, 0) is 12.8 Å². The lowest BCUT2D eigenvalue weighted by Crippen LogP contribution is -2.06. The number of rotatable bonds is 5. The molecular formula is C16H16FNO2. The molecule has 2 aromatic rings. The van der Waals surface area contributed by atoms with Crippen molar-refractivity contribution in [1.82, 2.24) is 4.98 Å². The van der Waals surface area contributed by atoms with Crippen LogP contribution in [0, 0.1) is 5.82 Å². The molecule has 0 N–H and O–H groups in total. The first kappa shape index (κ1) is 14.2. The van der Waals surface area contributed by atoms with Crippen LogP contribution in [0.5, 0.6) is 5.75 Å². The third-order valence-electron chi connectivity index (χ3n) is 3.11. The second kappa shape index (κ2) is 6.28. The van der Waals surface area contributed by atoms with Crippen LogP contribution in [0.3, 0.4) is 0 Å². The van der Waals surface area contributed by atoms with Crippen LogP contribution in [0.25, 0.3) is 0 Å². The van der Waals surface area contributed by atoms with E-state index in [9.17, 15) is 9.18 Å². The van der Waals surface area contributed by atoms with Crippen LogP contribution in [-0.4, -0.2) is 17.9 Å². The summed E-state index contributed by atoms with van der Waals surface area (Å²) in [6.45, 7) is 2.04. The number of ketones is 1. The first-order chi connectivity index (χ1) is 9.63. The Balaban J connectivity index is 2.12. The van der Waals surface area contributed by atoms with Crippen molar-refractivity contribution < 1.29 is 13.9 Å². The van der Waals surface area contributed by atoms with Gasteiger partial charge in [0, 0.05) is 17.5 Å². The molecule has 104 valence electrons. The van der Waals surface area contributed by atoms with Gasteiger partial charge in [-0.3, -0.25) is 9.78 Å². The van der Waals surface area contributed by atoms with E-state index in [0.717, 1.165) is 12.0 Å². The van der Waals surface area contributed by atoms with Gasteiger partial charge in [-0.1, -0.05) is 13.0 Å². The highest BCUT2D eigenvalue weighted by Crippen LogP contribution is 2.18. The van der Waals surface area contributed by atoms with Gasteiger partial charge >= 0.3 is 0 Å². The summed E-state index contributed by atoms with van der Waals surface area (Å²) in [5, 5.41) is 0. The summed E-state index contributed by atoms with van der Waals surface area (Å²) in [7, 11) is 1.39. The molecule has 0 atom stereocenters. The zero-order valence-electron chi connectivity index (χ0n) is 11.5. The van der Waals surface area contributed by atoms with Crippen molar-refractivity contribution >= 4 is 5.78 Å². The number of pyridine rings is 1. The summed E-state index contributed by atoms with van der Waals surface area (Å²) in [6, 6.07) is 7.99. The van der Waals surface area contributed by atoms with Crippen LogP contribution in [0.4, 0.5) is 4.39 Å². The van der Waals surface area contributed by atoms with E-state index in [-0.39, 0.29) is 18.0 Å². The molecule has 0 unspecified atom stereocenters. The number of aryl methyl sites for hydroxylation is 1. The minimum Gasteiger partial charge on any atom is -0.494 e. The number of hydrogen-bond donors (Lipinski definition) is 0. The third-order valence-corrected chi connectivity index (χ3v) is 3.11. The van der Waals surface area contributed by atoms with E-state index in [1.807, 2.05) is 19.1 Å². The smallest absolute Gasteiger partial charge is 0.168 e. The van der Waals surface area contributed by atoms with Crippen molar-refractivity contribution in [1.29, 1.82) is 0 Å². The second-order valence-corrected chi connectivity index (χ2v) is 4.46. The van der Waals surface area contributed by atoms with Gasteiger partial charge in [0.15, 0.2) is 17.3 Å². The molecular weight excluding hydrogens is 257 g/mol. The van der Waals surface area contributed by atoms with Crippen molar-refractivity contribution in [2.75, 3.05) is 7.11 Å². The second-order valence-electron chi connectivity index (χ2n) is 4.46. The molecule has 0 amide bonds. The lowest BCUT2D eigenvalue weighted by Gasteiger charge is -2.05. The zero-order valence-corrected chi connectivity index (χ0v) is 11.5. The highest BCUT2D eigenvalue weighted by Gasteiger charge is 2.11. The van der Waals surface area contributed by atoms with Gasteiger partial charge in [-0.05, 0) is 36.2 Å². The van der Waals surface area contributed by atoms with Gasteiger partial charge in [0.1, 0.15) is 0 Å². The van der Waals surface area contributed by atoms with Gasteiger partial charge < -0.3 is 4.74 Å². The number of ether oxygens (including phenoxy) is 1.